The van der Waals surface area contributed by atoms with Crippen LogP contribution in [0.25, 0.3) is 0 Å². The number of amides is 1. The topological polar surface area (TPSA) is 64.3 Å². The second kappa shape index (κ2) is 10.6. The van der Waals surface area contributed by atoms with Crippen molar-refractivity contribution in [3.8, 4) is 0 Å². The lowest BCUT2D eigenvalue weighted by Gasteiger charge is -2.32. The van der Waals surface area contributed by atoms with Crippen LogP contribution in [-0.4, -0.2) is 31.7 Å². The summed E-state index contributed by atoms with van der Waals surface area (Å²) in [5.74, 6) is 0.584. The molecule has 1 aliphatic carbocycles. The largest absolute Gasteiger partial charge is 0.380 e. The van der Waals surface area contributed by atoms with Gasteiger partial charge in [0, 0.05) is 19.7 Å². The molecule has 3 unspecified atom stereocenters. The summed E-state index contributed by atoms with van der Waals surface area (Å²) in [6.45, 7) is 0.377. The molecule has 1 fully saturated rings. The molecule has 0 bridgehead atoms. The molecule has 0 aromatic heterocycles. The van der Waals surface area contributed by atoms with Crippen molar-refractivity contribution in [3.05, 3.63) is 35.9 Å². The highest BCUT2D eigenvalue weighted by molar-refractivity contribution is 5.85. The lowest BCUT2D eigenvalue weighted by molar-refractivity contribution is -0.124. The van der Waals surface area contributed by atoms with Gasteiger partial charge in [0.15, 0.2) is 0 Å². The van der Waals surface area contributed by atoms with Gasteiger partial charge in [-0.2, -0.15) is 0 Å². The number of carbonyl (C=O) groups is 1. The first-order valence-corrected chi connectivity index (χ1v) is 8.29. The van der Waals surface area contributed by atoms with E-state index in [1.165, 1.54) is 24.8 Å². The first-order valence-electron chi connectivity index (χ1n) is 8.29. The van der Waals surface area contributed by atoms with Crippen molar-refractivity contribution in [2.45, 2.75) is 50.7 Å². The number of hydrogen-bond donors (Lipinski definition) is 2. The first-order chi connectivity index (χ1) is 10.7. The van der Waals surface area contributed by atoms with Crippen molar-refractivity contribution in [1.82, 2.24) is 5.32 Å². The van der Waals surface area contributed by atoms with Gasteiger partial charge in [0.25, 0.3) is 0 Å². The monoisotopic (exact) mass is 340 g/mol. The maximum absolute atomic E-state index is 12.2. The molecule has 2 rings (SSSR count). The quantitative estimate of drug-likeness (QED) is 0.802. The Balaban J connectivity index is 0.00000264. The zero-order valence-corrected chi connectivity index (χ0v) is 14.7. The molecule has 1 saturated carbocycles. The van der Waals surface area contributed by atoms with Crippen molar-refractivity contribution >= 4 is 18.3 Å². The number of nitrogens with one attached hydrogen (secondary N) is 1. The third-order valence-electron chi connectivity index (χ3n) is 4.61. The number of methoxy groups -OCH3 is 1. The van der Waals surface area contributed by atoms with Gasteiger partial charge in [-0.3, -0.25) is 4.79 Å². The number of rotatable bonds is 7. The highest BCUT2D eigenvalue weighted by atomic mass is 35.5. The van der Waals surface area contributed by atoms with Crippen LogP contribution in [0, 0.1) is 5.92 Å². The van der Waals surface area contributed by atoms with Crippen LogP contribution in [0.4, 0.5) is 0 Å². The van der Waals surface area contributed by atoms with E-state index in [1.807, 2.05) is 6.07 Å². The van der Waals surface area contributed by atoms with Crippen molar-refractivity contribution in [2.24, 2.45) is 11.7 Å². The predicted molar refractivity (Wildman–Crippen MR) is 95.8 cm³/mol. The van der Waals surface area contributed by atoms with E-state index in [2.05, 4.69) is 29.6 Å². The van der Waals surface area contributed by atoms with Crippen LogP contribution in [0.15, 0.2) is 30.3 Å². The average Bonchev–Trinajstić information content (AvgIpc) is 2.55. The van der Waals surface area contributed by atoms with Gasteiger partial charge < -0.3 is 15.8 Å². The molecule has 1 aliphatic rings. The lowest BCUT2D eigenvalue weighted by atomic mass is 9.80. The summed E-state index contributed by atoms with van der Waals surface area (Å²) in [6, 6.07) is 10.8. The molecule has 4 nitrogen and oxygen atoms in total. The van der Waals surface area contributed by atoms with E-state index >= 15 is 0 Å². The van der Waals surface area contributed by atoms with Gasteiger partial charge in [0.2, 0.25) is 5.91 Å². The van der Waals surface area contributed by atoms with E-state index in [-0.39, 0.29) is 30.5 Å². The Morgan fingerprint density at radius 2 is 2.00 bits per heavy atom. The standard InChI is InChI=1S/C18H28N2O2.ClH/c1-22-16(13-19)12-18(21)20-17-10-6-5-9-15(17)11-14-7-3-2-4-8-14;/h2-4,7-8,15-17H,5-6,9-13,19H2,1H3,(H,20,21);1H. The van der Waals surface area contributed by atoms with Crippen LogP contribution in [-0.2, 0) is 16.0 Å². The first kappa shape index (κ1) is 19.9. The number of nitrogens with two attached hydrogens (primary N) is 1. The van der Waals surface area contributed by atoms with Crippen LogP contribution in [0.1, 0.15) is 37.7 Å². The summed E-state index contributed by atoms with van der Waals surface area (Å²) < 4.78 is 5.20. The smallest absolute Gasteiger partial charge is 0.222 e. The number of hydrogen-bond acceptors (Lipinski definition) is 3. The number of benzene rings is 1. The normalized spacial score (nSPS) is 22.0. The van der Waals surface area contributed by atoms with Crippen LogP contribution in [0.5, 0.6) is 0 Å². The van der Waals surface area contributed by atoms with Crippen LogP contribution < -0.4 is 11.1 Å². The van der Waals surface area contributed by atoms with E-state index in [4.69, 9.17) is 10.5 Å². The maximum atomic E-state index is 12.2. The molecular formula is C18H29ClN2O2. The van der Waals surface area contributed by atoms with Crippen molar-refractivity contribution < 1.29 is 9.53 Å². The van der Waals surface area contributed by atoms with Crippen LogP contribution >= 0.6 is 12.4 Å². The van der Waals surface area contributed by atoms with Crippen molar-refractivity contribution in [3.63, 3.8) is 0 Å². The van der Waals surface area contributed by atoms with Gasteiger partial charge in [-0.25, -0.2) is 0 Å². The van der Waals surface area contributed by atoms with Crippen LogP contribution in [0.3, 0.4) is 0 Å². The van der Waals surface area contributed by atoms with E-state index in [1.54, 1.807) is 7.11 Å². The molecule has 1 aromatic carbocycles. The number of carbonyl (C=O) groups excluding carboxylic acids is 1. The molecule has 0 saturated heterocycles. The predicted octanol–water partition coefficient (Wildman–Crippen LogP) is 2.69. The van der Waals surface area contributed by atoms with Gasteiger partial charge >= 0.3 is 0 Å². The minimum Gasteiger partial charge on any atom is -0.380 e. The Bertz CT molecular complexity index is 452. The Morgan fingerprint density at radius 3 is 2.65 bits per heavy atom. The van der Waals surface area contributed by atoms with Gasteiger partial charge in [-0.15, -0.1) is 12.4 Å². The minimum atomic E-state index is -0.184. The lowest BCUT2D eigenvalue weighted by Crippen LogP contribution is -2.44. The van der Waals surface area contributed by atoms with Crippen LogP contribution in [0.2, 0.25) is 0 Å². The molecule has 0 radical (unpaired) electrons. The summed E-state index contributed by atoms with van der Waals surface area (Å²) in [6.07, 6.45) is 5.91. The Morgan fingerprint density at radius 1 is 1.30 bits per heavy atom. The fourth-order valence-electron chi connectivity index (χ4n) is 3.29. The Hall–Kier alpha value is -1.10. The molecule has 23 heavy (non-hydrogen) atoms. The van der Waals surface area contributed by atoms with Crippen molar-refractivity contribution in [1.29, 1.82) is 0 Å². The molecular weight excluding hydrogens is 312 g/mol. The summed E-state index contributed by atoms with van der Waals surface area (Å²) in [7, 11) is 1.60. The van der Waals surface area contributed by atoms with Crippen molar-refractivity contribution in [2.75, 3.05) is 13.7 Å². The van der Waals surface area contributed by atoms with E-state index < -0.39 is 0 Å². The average molecular weight is 341 g/mol. The summed E-state index contributed by atoms with van der Waals surface area (Å²) in [4.78, 5) is 12.2. The van der Waals surface area contributed by atoms with E-state index in [9.17, 15) is 4.79 Å². The molecule has 0 aliphatic heterocycles. The molecule has 3 atom stereocenters. The molecule has 1 aromatic rings. The fraction of sp³-hybridized carbons (Fsp3) is 0.611. The van der Waals surface area contributed by atoms with Gasteiger partial charge in [0.05, 0.1) is 12.5 Å². The fourth-order valence-corrected chi connectivity index (χ4v) is 3.29. The molecule has 0 spiro atoms. The SMILES string of the molecule is COC(CN)CC(=O)NC1CCCCC1Cc1ccccc1.Cl. The third kappa shape index (κ3) is 6.50. The van der Waals surface area contributed by atoms with Gasteiger partial charge in [-0.1, -0.05) is 43.2 Å². The van der Waals surface area contributed by atoms with E-state index in [0.717, 1.165) is 12.8 Å². The third-order valence-corrected chi connectivity index (χ3v) is 4.61. The maximum Gasteiger partial charge on any atom is 0.222 e. The summed E-state index contributed by atoms with van der Waals surface area (Å²) >= 11 is 0. The second-order valence-corrected chi connectivity index (χ2v) is 6.21. The van der Waals surface area contributed by atoms with Gasteiger partial charge in [-0.05, 0) is 30.7 Å². The summed E-state index contributed by atoms with van der Waals surface area (Å²) in [5, 5.41) is 3.21. The Labute approximate surface area is 145 Å². The molecule has 130 valence electrons. The zero-order valence-electron chi connectivity index (χ0n) is 13.9. The molecule has 3 N–H and O–H groups in total. The molecule has 0 heterocycles. The highest BCUT2D eigenvalue weighted by Gasteiger charge is 2.27. The van der Waals surface area contributed by atoms with Gasteiger partial charge in [0.1, 0.15) is 0 Å². The molecule has 1 amide bonds. The molecule has 5 heteroatoms. The second-order valence-electron chi connectivity index (χ2n) is 6.21. The minimum absolute atomic E-state index is 0. The highest BCUT2D eigenvalue weighted by Crippen LogP contribution is 2.27. The zero-order chi connectivity index (χ0) is 15.8. The Kier molecular flexibility index (Phi) is 9.22. The van der Waals surface area contributed by atoms with E-state index in [0.29, 0.717) is 18.9 Å². The number of ether oxygens (including phenoxy) is 1. The summed E-state index contributed by atoms with van der Waals surface area (Å²) in [5.41, 5.74) is 6.94. The number of halogens is 1.